The minimum absolute atomic E-state index is 0.513. The van der Waals surface area contributed by atoms with Crippen molar-refractivity contribution in [3.8, 4) is 0 Å². The number of rotatable bonds is 3. The van der Waals surface area contributed by atoms with Gasteiger partial charge in [0.2, 0.25) is 0 Å². The lowest BCUT2D eigenvalue weighted by molar-refractivity contribution is 1.14. The molecule has 0 saturated carbocycles. The van der Waals surface area contributed by atoms with Crippen molar-refractivity contribution in [3.63, 3.8) is 0 Å². The fourth-order valence-corrected chi connectivity index (χ4v) is 2.91. The summed E-state index contributed by atoms with van der Waals surface area (Å²) in [7, 11) is 0. The monoisotopic (exact) mass is 363 g/mol. The lowest BCUT2D eigenvalue weighted by Gasteiger charge is -2.12. The molecule has 0 amide bonds. The van der Waals surface area contributed by atoms with Gasteiger partial charge in [-0.3, -0.25) is 0 Å². The Labute approximate surface area is 129 Å². The van der Waals surface area contributed by atoms with Crippen LogP contribution in [-0.2, 0) is 6.54 Å². The van der Waals surface area contributed by atoms with Crippen molar-refractivity contribution in [2.75, 3.05) is 5.32 Å². The summed E-state index contributed by atoms with van der Waals surface area (Å²) in [6.45, 7) is 0.627. The van der Waals surface area contributed by atoms with E-state index >= 15 is 0 Å². The van der Waals surface area contributed by atoms with Gasteiger partial charge in [0.1, 0.15) is 0 Å². The highest BCUT2D eigenvalue weighted by molar-refractivity contribution is 9.10. The lowest BCUT2D eigenvalue weighted by Crippen LogP contribution is -2.01. The van der Waals surface area contributed by atoms with Crippen LogP contribution < -0.4 is 5.32 Å². The quantitative estimate of drug-likeness (QED) is 0.701. The molecule has 2 rings (SSSR count). The number of hydrogen-bond acceptors (Lipinski definition) is 1. The second-order valence-electron chi connectivity index (χ2n) is 3.69. The molecule has 0 spiro atoms. The third-order valence-corrected chi connectivity index (χ3v) is 4.01. The first-order valence-corrected chi connectivity index (χ1v) is 7.12. The molecular weight excluding hydrogens is 356 g/mol. The highest BCUT2D eigenvalue weighted by Crippen LogP contribution is 2.34. The van der Waals surface area contributed by atoms with Gasteiger partial charge in [0.15, 0.2) is 0 Å². The molecule has 1 nitrogen and oxygen atoms in total. The van der Waals surface area contributed by atoms with Crippen molar-refractivity contribution in [3.05, 3.63) is 61.5 Å². The third-order valence-electron chi connectivity index (χ3n) is 2.42. The van der Waals surface area contributed by atoms with E-state index in [9.17, 15) is 0 Å². The van der Waals surface area contributed by atoms with Gasteiger partial charge in [-0.2, -0.15) is 0 Å². The Morgan fingerprint density at radius 1 is 1.00 bits per heavy atom. The molecule has 0 aliphatic rings. The van der Waals surface area contributed by atoms with Crippen molar-refractivity contribution in [2.24, 2.45) is 0 Å². The smallest absolute Gasteiger partial charge is 0.0722 e. The van der Waals surface area contributed by atoms with E-state index in [-0.39, 0.29) is 0 Å². The maximum atomic E-state index is 6.10. The summed E-state index contributed by atoms with van der Waals surface area (Å²) in [5, 5.41) is 4.76. The predicted molar refractivity (Wildman–Crippen MR) is 82.9 cm³/mol. The summed E-state index contributed by atoms with van der Waals surface area (Å²) in [5.74, 6) is 0. The molecule has 0 aliphatic heterocycles. The average Bonchev–Trinajstić information content (AvgIpc) is 2.30. The Morgan fingerprint density at radius 3 is 2.22 bits per heavy atom. The van der Waals surface area contributed by atoms with E-state index in [4.69, 9.17) is 34.8 Å². The predicted octanol–water partition coefficient (Wildman–Crippen LogP) is 6.02. The van der Waals surface area contributed by atoms with Gasteiger partial charge in [0.05, 0.1) is 15.7 Å². The Morgan fingerprint density at radius 2 is 1.61 bits per heavy atom. The second-order valence-corrected chi connectivity index (χ2v) is 5.79. The summed E-state index contributed by atoms with van der Waals surface area (Å²) >= 11 is 21.5. The maximum Gasteiger partial charge on any atom is 0.0722 e. The Kier molecular flexibility index (Phi) is 4.79. The molecule has 18 heavy (non-hydrogen) atoms. The van der Waals surface area contributed by atoms with Crippen molar-refractivity contribution in [1.29, 1.82) is 0 Å². The molecule has 0 aliphatic carbocycles. The largest absolute Gasteiger partial charge is 0.379 e. The van der Waals surface area contributed by atoms with E-state index in [1.54, 1.807) is 12.1 Å². The molecule has 2 aromatic rings. The van der Waals surface area contributed by atoms with E-state index < -0.39 is 0 Å². The maximum absolute atomic E-state index is 6.10. The number of halogens is 4. The summed E-state index contributed by atoms with van der Waals surface area (Å²) < 4.78 is 1.04. The van der Waals surface area contributed by atoms with Gasteiger partial charge >= 0.3 is 0 Å². The SMILES string of the molecule is Clc1cc(Cl)c(NCc2ccccc2Br)c(Cl)c1. The minimum atomic E-state index is 0.513. The highest BCUT2D eigenvalue weighted by Gasteiger charge is 2.08. The van der Waals surface area contributed by atoms with Crippen LogP contribution in [-0.4, -0.2) is 0 Å². The van der Waals surface area contributed by atoms with Crippen LogP contribution in [0.3, 0.4) is 0 Å². The first kappa shape index (κ1) is 14.0. The normalized spacial score (nSPS) is 10.4. The Balaban J connectivity index is 2.19. The van der Waals surface area contributed by atoms with Gasteiger partial charge in [-0.15, -0.1) is 0 Å². The zero-order chi connectivity index (χ0) is 13.1. The molecule has 1 N–H and O–H groups in total. The van der Waals surface area contributed by atoms with Crippen LogP contribution in [0.1, 0.15) is 5.56 Å². The van der Waals surface area contributed by atoms with Gasteiger partial charge in [-0.05, 0) is 23.8 Å². The summed E-state index contributed by atoms with van der Waals surface area (Å²) in [6.07, 6.45) is 0. The van der Waals surface area contributed by atoms with Crippen LogP contribution >= 0.6 is 50.7 Å². The first-order valence-electron chi connectivity index (χ1n) is 5.20. The minimum Gasteiger partial charge on any atom is -0.379 e. The van der Waals surface area contributed by atoms with Gasteiger partial charge in [0.25, 0.3) is 0 Å². The summed E-state index contributed by atoms with van der Waals surface area (Å²) in [6, 6.07) is 11.3. The molecule has 0 bridgehead atoms. The van der Waals surface area contributed by atoms with Crippen molar-refractivity contribution < 1.29 is 0 Å². The van der Waals surface area contributed by atoms with Gasteiger partial charge < -0.3 is 5.32 Å². The molecule has 0 aromatic heterocycles. The van der Waals surface area contributed by atoms with Crippen LogP contribution in [0.15, 0.2) is 40.9 Å². The molecule has 94 valence electrons. The van der Waals surface area contributed by atoms with Crippen LogP contribution in [0.2, 0.25) is 15.1 Å². The molecule has 0 unspecified atom stereocenters. The summed E-state index contributed by atoms with van der Waals surface area (Å²) in [5.41, 5.74) is 1.82. The van der Waals surface area contributed by atoms with Crippen LogP contribution in [0.5, 0.6) is 0 Å². The number of anilines is 1. The molecule has 0 fully saturated rings. The van der Waals surface area contributed by atoms with E-state index in [1.807, 2.05) is 24.3 Å². The second kappa shape index (κ2) is 6.16. The molecule has 0 saturated heterocycles. The Bertz CT molecular complexity index is 549. The fourth-order valence-electron chi connectivity index (χ4n) is 1.54. The average molecular weight is 365 g/mol. The van der Waals surface area contributed by atoms with E-state index in [1.165, 1.54) is 0 Å². The zero-order valence-electron chi connectivity index (χ0n) is 9.18. The van der Waals surface area contributed by atoms with Crippen molar-refractivity contribution in [2.45, 2.75) is 6.54 Å². The molecule has 5 heteroatoms. The van der Waals surface area contributed by atoms with Crippen LogP contribution in [0, 0.1) is 0 Å². The van der Waals surface area contributed by atoms with Crippen molar-refractivity contribution >= 4 is 56.4 Å². The molecular formula is C13H9BrCl3N. The van der Waals surface area contributed by atoms with Gasteiger partial charge in [-0.1, -0.05) is 68.9 Å². The summed E-state index contributed by atoms with van der Waals surface area (Å²) in [4.78, 5) is 0. The standard InChI is InChI=1S/C13H9BrCl3N/c14-10-4-2-1-3-8(10)7-18-13-11(16)5-9(15)6-12(13)17/h1-6,18H,7H2. The fraction of sp³-hybridized carbons (Fsp3) is 0.0769. The van der Waals surface area contributed by atoms with Crippen molar-refractivity contribution in [1.82, 2.24) is 0 Å². The van der Waals surface area contributed by atoms with Gasteiger partial charge in [0, 0.05) is 16.0 Å². The molecule has 0 radical (unpaired) electrons. The topological polar surface area (TPSA) is 12.0 Å². The number of nitrogens with one attached hydrogen (secondary N) is 1. The van der Waals surface area contributed by atoms with Crippen LogP contribution in [0.4, 0.5) is 5.69 Å². The van der Waals surface area contributed by atoms with E-state index in [0.29, 0.717) is 27.3 Å². The van der Waals surface area contributed by atoms with Gasteiger partial charge in [-0.25, -0.2) is 0 Å². The lowest BCUT2D eigenvalue weighted by atomic mass is 10.2. The molecule has 2 aromatic carbocycles. The molecule has 0 heterocycles. The zero-order valence-corrected chi connectivity index (χ0v) is 13.0. The first-order chi connectivity index (χ1) is 8.58. The van der Waals surface area contributed by atoms with E-state index in [0.717, 1.165) is 10.0 Å². The third kappa shape index (κ3) is 3.33. The highest BCUT2D eigenvalue weighted by atomic mass is 79.9. The molecule has 0 atom stereocenters. The van der Waals surface area contributed by atoms with E-state index in [2.05, 4.69) is 21.2 Å². The van der Waals surface area contributed by atoms with Crippen LogP contribution in [0.25, 0.3) is 0 Å². The Hall–Kier alpha value is -0.410. The number of benzene rings is 2. The number of hydrogen-bond donors (Lipinski definition) is 1.